The second kappa shape index (κ2) is 4.48. The molecule has 1 saturated heterocycles. The van der Waals surface area contributed by atoms with Gasteiger partial charge in [0, 0.05) is 24.9 Å². The molecule has 1 aliphatic carbocycles. The number of likely N-dealkylation sites (tertiary alicyclic amines) is 1. The third kappa shape index (κ3) is 2.18. The molecule has 1 aromatic carbocycles. The van der Waals surface area contributed by atoms with Crippen LogP contribution in [0.2, 0.25) is 0 Å². The van der Waals surface area contributed by atoms with Crippen LogP contribution in [0.4, 0.5) is 4.79 Å². The molecular weight excluding hydrogens is 254 g/mol. The third-order valence-electron chi connectivity index (χ3n) is 4.14. The molecule has 0 bridgehead atoms. The van der Waals surface area contributed by atoms with Gasteiger partial charge in [0.2, 0.25) is 0 Å². The highest BCUT2D eigenvalue weighted by atomic mass is 16.6. The van der Waals surface area contributed by atoms with Crippen molar-refractivity contribution in [3.63, 3.8) is 0 Å². The first-order valence-corrected chi connectivity index (χ1v) is 7.11. The Morgan fingerprint density at radius 1 is 1.25 bits per heavy atom. The van der Waals surface area contributed by atoms with E-state index in [0.29, 0.717) is 13.1 Å². The minimum Gasteiger partial charge on any atom is -0.444 e. The number of carbonyl (C=O) groups excluding carboxylic acids is 1. The summed E-state index contributed by atoms with van der Waals surface area (Å²) < 4.78 is 5.42. The van der Waals surface area contributed by atoms with E-state index in [2.05, 4.69) is 6.07 Å². The molecule has 2 aliphatic rings. The summed E-state index contributed by atoms with van der Waals surface area (Å²) in [6, 6.07) is 7.98. The summed E-state index contributed by atoms with van der Waals surface area (Å²) in [6.07, 6.45) is -0.750. The number of ether oxygens (including phenoxy) is 1. The molecule has 4 heteroatoms. The molecule has 3 rings (SSSR count). The molecule has 1 heterocycles. The van der Waals surface area contributed by atoms with Crippen molar-refractivity contribution in [2.45, 2.75) is 38.4 Å². The van der Waals surface area contributed by atoms with Crippen LogP contribution in [0.3, 0.4) is 0 Å². The molecule has 4 nitrogen and oxygen atoms in total. The lowest BCUT2D eigenvalue weighted by molar-refractivity contribution is 0.0267. The Morgan fingerprint density at radius 2 is 1.90 bits per heavy atom. The fourth-order valence-electron chi connectivity index (χ4n) is 3.30. The Morgan fingerprint density at radius 3 is 2.55 bits per heavy atom. The van der Waals surface area contributed by atoms with Crippen LogP contribution in [0, 0.1) is 5.92 Å². The molecule has 3 atom stereocenters. The van der Waals surface area contributed by atoms with Crippen LogP contribution in [0.1, 0.15) is 43.9 Å². The number of rotatable bonds is 0. The molecule has 1 aliphatic heterocycles. The maximum absolute atomic E-state index is 12.1. The first kappa shape index (κ1) is 13.4. The standard InChI is InChI=1S/C16H21NO3/c1-16(2,3)20-15(19)17-8-12-10-6-4-5-7-11(10)14(18)13(12)9-17/h4-7,12-14,18H,8-9H2,1-3H3/t12-,13-,14+/m1/s1. The molecule has 0 radical (unpaired) electrons. The largest absolute Gasteiger partial charge is 0.444 e. The summed E-state index contributed by atoms with van der Waals surface area (Å²) in [5, 5.41) is 10.4. The van der Waals surface area contributed by atoms with Crippen molar-refractivity contribution < 1.29 is 14.6 Å². The van der Waals surface area contributed by atoms with E-state index in [-0.39, 0.29) is 17.9 Å². The van der Waals surface area contributed by atoms with E-state index in [0.717, 1.165) is 5.56 Å². The van der Waals surface area contributed by atoms with Crippen LogP contribution < -0.4 is 0 Å². The van der Waals surface area contributed by atoms with Crippen LogP contribution in [0.15, 0.2) is 24.3 Å². The van der Waals surface area contributed by atoms with Gasteiger partial charge in [-0.25, -0.2) is 4.79 Å². The number of aliphatic hydroxyl groups is 1. The summed E-state index contributed by atoms with van der Waals surface area (Å²) in [5.74, 6) is 0.327. The normalized spacial score (nSPS) is 28.2. The molecule has 1 amide bonds. The van der Waals surface area contributed by atoms with Crippen molar-refractivity contribution in [2.75, 3.05) is 13.1 Å². The highest BCUT2D eigenvalue weighted by molar-refractivity contribution is 5.69. The minimum absolute atomic E-state index is 0.0971. The summed E-state index contributed by atoms with van der Waals surface area (Å²) >= 11 is 0. The molecular formula is C16H21NO3. The van der Waals surface area contributed by atoms with Crippen molar-refractivity contribution in [3.8, 4) is 0 Å². The Kier molecular flexibility index (Phi) is 3.01. The van der Waals surface area contributed by atoms with Crippen LogP contribution in [-0.2, 0) is 4.74 Å². The molecule has 20 heavy (non-hydrogen) atoms. The van der Waals surface area contributed by atoms with Crippen LogP contribution in [0.5, 0.6) is 0 Å². The average Bonchev–Trinajstić information content (AvgIpc) is 2.89. The number of benzene rings is 1. The van der Waals surface area contributed by atoms with E-state index in [1.165, 1.54) is 5.56 Å². The molecule has 108 valence electrons. The summed E-state index contributed by atoms with van der Waals surface area (Å²) in [6.45, 7) is 6.80. The fraction of sp³-hybridized carbons (Fsp3) is 0.562. The van der Waals surface area contributed by atoms with Crippen molar-refractivity contribution in [3.05, 3.63) is 35.4 Å². The molecule has 1 aromatic rings. The van der Waals surface area contributed by atoms with E-state index in [1.807, 2.05) is 39.0 Å². The SMILES string of the molecule is CC(C)(C)OC(=O)N1C[C@@H]2[C@H](C1)c1ccccc1[C@@H]2O. The summed E-state index contributed by atoms with van der Waals surface area (Å²) in [4.78, 5) is 13.9. The second-order valence-electron chi connectivity index (χ2n) is 6.73. The van der Waals surface area contributed by atoms with Gasteiger partial charge in [0.15, 0.2) is 0 Å². The number of nitrogens with zero attached hydrogens (tertiary/aromatic N) is 1. The van der Waals surface area contributed by atoms with Gasteiger partial charge >= 0.3 is 6.09 Å². The maximum Gasteiger partial charge on any atom is 0.410 e. The van der Waals surface area contributed by atoms with E-state index in [1.54, 1.807) is 4.90 Å². The summed E-state index contributed by atoms with van der Waals surface area (Å²) in [5.41, 5.74) is 1.72. The zero-order valence-corrected chi connectivity index (χ0v) is 12.2. The van der Waals surface area contributed by atoms with Crippen molar-refractivity contribution in [2.24, 2.45) is 5.92 Å². The Hall–Kier alpha value is -1.55. The second-order valence-corrected chi connectivity index (χ2v) is 6.73. The highest BCUT2D eigenvalue weighted by Crippen LogP contribution is 2.49. The topological polar surface area (TPSA) is 49.8 Å². The van der Waals surface area contributed by atoms with Gasteiger partial charge in [-0.3, -0.25) is 0 Å². The van der Waals surface area contributed by atoms with Crippen LogP contribution in [-0.4, -0.2) is 34.8 Å². The Bertz CT molecular complexity index is 535. The van der Waals surface area contributed by atoms with Gasteiger partial charge in [-0.2, -0.15) is 0 Å². The van der Waals surface area contributed by atoms with E-state index in [9.17, 15) is 9.90 Å². The molecule has 0 unspecified atom stereocenters. The van der Waals surface area contributed by atoms with Crippen LogP contribution in [0.25, 0.3) is 0 Å². The fourth-order valence-corrected chi connectivity index (χ4v) is 3.30. The number of aliphatic hydroxyl groups excluding tert-OH is 1. The number of carbonyl (C=O) groups is 1. The first-order valence-electron chi connectivity index (χ1n) is 7.11. The van der Waals surface area contributed by atoms with Gasteiger partial charge in [-0.1, -0.05) is 24.3 Å². The molecule has 1 fully saturated rings. The van der Waals surface area contributed by atoms with Gasteiger partial charge < -0.3 is 14.7 Å². The van der Waals surface area contributed by atoms with Gasteiger partial charge in [-0.05, 0) is 31.9 Å². The first-order chi connectivity index (χ1) is 9.37. The Balaban J connectivity index is 1.77. The lowest BCUT2D eigenvalue weighted by Gasteiger charge is -2.25. The molecule has 1 N–H and O–H groups in total. The number of hydrogen-bond donors (Lipinski definition) is 1. The molecule has 0 saturated carbocycles. The van der Waals surface area contributed by atoms with Gasteiger partial charge in [0.05, 0.1) is 6.10 Å². The lowest BCUT2D eigenvalue weighted by Crippen LogP contribution is -2.36. The summed E-state index contributed by atoms with van der Waals surface area (Å²) in [7, 11) is 0. The number of amides is 1. The zero-order chi connectivity index (χ0) is 14.5. The minimum atomic E-state index is -0.481. The van der Waals surface area contributed by atoms with E-state index >= 15 is 0 Å². The van der Waals surface area contributed by atoms with Crippen molar-refractivity contribution >= 4 is 6.09 Å². The molecule has 0 aromatic heterocycles. The van der Waals surface area contributed by atoms with E-state index in [4.69, 9.17) is 4.74 Å². The van der Waals surface area contributed by atoms with Gasteiger partial charge in [0.25, 0.3) is 0 Å². The predicted molar refractivity (Wildman–Crippen MR) is 75.4 cm³/mol. The smallest absolute Gasteiger partial charge is 0.410 e. The molecule has 0 spiro atoms. The van der Waals surface area contributed by atoms with Gasteiger partial charge in [-0.15, -0.1) is 0 Å². The number of hydrogen-bond acceptors (Lipinski definition) is 3. The third-order valence-corrected chi connectivity index (χ3v) is 4.14. The van der Waals surface area contributed by atoms with Crippen LogP contribution >= 0.6 is 0 Å². The van der Waals surface area contributed by atoms with Crippen molar-refractivity contribution in [1.82, 2.24) is 4.90 Å². The van der Waals surface area contributed by atoms with Gasteiger partial charge in [0.1, 0.15) is 5.60 Å². The zero-order valence-electron chi connectivity index (χ0n) is 12.2. The highest BCUT2D eigenvalue weighted by Gasteiger charge is 2.47. The number of fused-ring (bicyclic) bond motifs is 3. The monoisotopic (exact) mass is 275 g/mol. The lowest BCUT2D eigenvalue weighted by atomic mass is 9.96. The maximum atomic E-state index is 12.1. The predicted octanol–water partition coefficient (Wildman–Crippen LogP) is 2.68. The van der Waals surface area contributed by atoms with Crippen molar-refractivity contribution in [1.29, 1.82) is 0 Å². The van der Waals surface area contributed by atoms with E-state index < -0.39 is 11.7 Å². The average molecular weight is 275 g/mol. The quantitative estimate of drug-likeness (QED) is 0.792. The Labute approximate surface area is 119 Å².